The number of nitriles is 1. The molecule has 10 heteroatoms. The summed E-state index contributed by atoms with van der Waals surface area (Å²) in [5.74, 6) is -1.73. The highest BCUT2D eigenvalue weighted by Crippen LogP contribution is 2.41. The van der Waals surface area contributed by atoms with Crippen LogP contribution in [0.25, 0.3) is 0 Å². The third-order valence-corrected chi connectivity index (χ3v) is 13.7. The van der Waals surface area contributed by atoms with Gasteiger partial charge in [-0.1, -0.05) is 99.1 Å². The van der Waals surface area contributed by atoms with Crippen molar-refractivity contribution in [3.05, 3.63) is 118 Å². The topological polar surface area (TPSA) is 78.6 Å². The van der Waals surface area contributed by atoms with Gasteiger partial charge in [0.1, 0.15) is 28.7 Å². The number of morpholine rings is 1. The average Bonchev–Trinajstić information content (AvgIpc) is 3.02. The van der Waals surface area contributed by atoms with Crippen LogP contribution in [0.5, 0.6) is 0 Å². The Bertz CT molecular complexity index is 1680. The lowest BCUT2D eigenvalue weighted by Gasteiger charge is -2.43. The van der Waals surface area contributed by atoms with Crippen molar-refractivity contribution in [3.63, 3.8) is 0 Å². The van der Waals surface area contributed by atoms with Crippen LogP contribution in [0, 0.1) is 23.0 Å². The lowest BCUT2D eigenvalue weighted by molar-refractivity contribution is -0.00536. The average molecular weight is 662 g/mol. The van der Waals surface area contributed by atoms with E-state index in [0.29, 0.717) is 24.5 Å². The fourth-order valence-corrected chi connectivity index (χ4v) is 11.3. The van der Waals surface area contributed by atoms with Crippen molar-refractivity contribution in [2.24, 2.45) is 0 Å². The number of aliphatic hydroxyl groups is 1. The van der Waals surface area contributed by atoms with E-state index in [1.165, 1.54) is 12.1 Å². The first kappa shape index (κ1) is 33.7. The fraction of sp³-hybridized carbons (Fsp3) is 0.333. The summed E-state index contributed by atoms with van der Waals surface area (Å²) >= 11 is 6.85. The van der Waals surface area contributed by atoms with E-state index < -0.39 is 26.1 Å². The fourth-order valence-electron chi connectivity index (χ4n) is 6.44. The highest BCUT2D eigenvalue weighted by Gasteiger charge is 2.50. The number of hydrogen-bond donors (Lipinski definition) is 1. The molecular weight excluding hydrogens is 624 g/mol. The molecule has 3 atom stereocenters. The highest BCUT2D eigenvalue weighted by molar-refractivity contribution is 6.99. The molecule has 4 aromatic rings. The van der Waals surface area contributed by atoms with Crippen LogP contribution in [0.4, 0.5) is 14.5 Å². The zero-order valence-electron chi connectivity index (χ0n) is 26.6. The SMILES string of the molecule is CC1CN(c2c(CO[Si](c3ccccc3)(c3ccccc3)C(C)(C)C)nc(C(O)c3ccc(C#N)c(F)c3)c(F)c2Cl)CC(C)O1. The van der Waals surface area contributed by atoms with Crippen molar-refractivity contribution >= 4 is 36.0 Å². The molecule has 0 spiro atoms. The standard InChI is InChI=1S/C36H38ClF2N3O3Si/c1-23-20-42(21-24(2)45-23)34-30(41-33(32(39)31(34)37)35(43)25-16-17-26(19-40)29(38)18-25)22-44-46(36(3,4)5,27-12-8-6-9-13-27)28-14-10-7-11-15-28/h6-18,23-24,35,43H,20-22H2,1-5H3. The third kappa shape index (κ3) is 6.46. The van der Waals surface area contributed by atoms with Crippen molar-refractivity contribution in [2.75, 3.05) is 18.0 Å². The summed E-state index contributed by atoms with van der Waals surface area (Å²) < 4.78 is 43.9. The van der Waals surface area contributed by atoms with Gasteiger partial charge >= 0.3 is 0 Å². The quantitative estimate of drug-likeness (QED) is 0.213. The van der Waals surface area contributed by atoms with Crippen molar-refractivity contribution in [2.45, 2.75) is 64.6 Å². The number of anilines is 1. The summed E-state index contributed by atoms with van der Waals surface area (Å²) in [7, 11) is -3.05. The number of pyridine rings is 1. The molecule has 46 heavy (non-hydrogen) atoms. The van der Waals surface area contributed by atoms with Gasteiger partial charge in [-0.3, -0.25) is 0 Å². The molecule has 0 saturated carbocycles. The van der Waals surface area contributed by atoms with Crippen LogP contribution in [0.15, 0.2) is 78.9 Å². The molecule has 5 rings (SSSR count). The van der Waals surface area contributed by atoms with Crippen molar-refractivity contribution < 1.29 is 23.1 Å². The number of aromatic nitrogens is 1. The van der Waals surface area contributed by atoms with Gasteiger partial charge in [0.15, 0.2) is 5.82 Å². The molecule has 0 bridgehead atoms. The van der Waals surface area contributed by atoms with Gasteiger partial charge in [0.25, 0.3) is 8.32 Å². The van der Waals surface area contributed by atoms with E-state index in [0.717, 1.165) is 16.4 Å². The van der Waals surface area contributed by atoms with E-state index in [4.69, 9.17) is 31.0 Å². The molecule has 6 nitrogen and oxygen atoms in total. The summed E-state index contributed by atoms with van der Waals surface area (Å²) in [5.41, 5.74) is 0.227. The van der Waals surface area contributed by atoms with Gasteiger partial charge < -0.3 is 19.2 Å². The number of rotatable bonds is 8. The molecule has 1 aromatic heterocycles. The summed E-state index contributed by atoms with van der Waals surface area (Å²) in [6.07, 6.45) is -1.96. The maximum atomic E-state index is 16.2. The van der Waals surface area contributed by atoms with Crippen LogP contribution < -0.4 is 15.3 Å². The van der Waals surface area contributed by atoms with Crippen LogP contribution in [0.3, 0.4) is 0 Å². The molecule has 240 valence electrons. The normalized spacial score (nSPS) is 17.9. The van der Waals surface area contributed by atoms with Crippen LogP contribution in [0.2, 0.25) is 10.1 Å². The Labute approximate surface area is 275 Å². The first-order valence-electron chi connectivity index (χ1n) is 15.3. The van der Waals surface area contributed by atoms with Gasteiger partial charge in [-0.25, -0.2) is 13.8 Å². The number of halogens is 3. The molecule has 1 aliphatic heterocycles. The van der Waals surface area contributed by atoms with Crippen molar-refractivity contribution in [1.82, 2.24) is 4.98 Å². The minimum Gasteiger partial charge on any atom is -0.401 e. The maximum Gasteiger partial charge on any atom is 0.261 e. The van der Waals surface area contributed by atoms with Crippen LogP contribution in [0.1, 0.15) is 63.2 Å². The summed E-state index contributed by atoms with van der Waals surface area (Å²) in [4.78, 5) is 6.65. The molecule has 3 unspecified atom stereocenters. The molecule has 0 amide bonds. The molecular formula is C36H38ClF2N3O3Si. The van der Waals surface area contributed by atoms with Gasteiger partial charge in [0.05, 0.1) is 35.8 Å². The molecule has 2 heterocycles. The second kappa shape index (κ2) is 13.6. The zero-order valence-corrected chi connectivity index (χ0v) is 28.4. The largest absolute Gasteiger partial charge is 0.401 e. The van der Waals surface area contributed by atoms with Crippen LogP contribution in [-0.2, 0) is 15.8 Å². The van der Waals surface area contributed by atoms with E-state index in [2.05, 4.69) is 45.0 Å². The Kier molecular flexibility index (Phi) is 9.97. The minimum atomic E-state index is -3.05. The van der Waals surface area contributed by atoms with Crippen LogP contribution >= 0.6 is 11.6 Å². The second-order valence-corrected chi connectivity index (χ2v) is 17.5. The first-order chi connectivity index (χ1) is 21.9. The molecule has 1 N–H and O–H groups in total. The maximum absolute atomic E-state index is 16.2. The van der Waals surface area contributed by atoms with E-state index in [9.17, 15) is 9.50 Å². The Hall–Kier alpha value is -3.65. The van der Waals surface area contributed by atoms with Gasteiger partial charge in [0, 0.05) is 13.1 Å². The van der Waals surface area contributed by atoms with E-state index in [1.807, 2.05) is 55.1 Å². The van der Waals surface area contributed by atoms with Crippen molar-refractivity contribution in [3.8, 4) is 6.07 Å². The van der Waals surface area contributed by atoms with E-state index in [1.54, 1.807) is 6.07 Å². The number of benzene rings is 3. The zero-order chi connectivity index (χ0) is 33.2. The monoisotopic (exact) mass is 661 g/mol. The molecule has 0 radical (unpaired) electrons. The predicted molar refractivity (Wildman–Crippen MR) is 179 cm³/mol. The lowest BCUT2D eigenvalue weighted by atomic mass is 10.0. The summed E-state index contributed by atoms with van der Waals surface area (Å²) in [6.45, 7) is 11.2. The Morgan fingerprint density at radius 3 is 2.09 bits per heavy atom. The van der Waals surface area contributed by atoms with Crippen LogP contribution in [-0.4, -0.2) is 43.7 Å². The first-order valence-corrected chi connectivity index (χ1v) is 17.6. The Morgan fingerprint density at radius 2 is 1.59 bits per heavy atom. The predicted octanol–water partition coefficient (Wildman–Crippen LogP) is 6.66. The Morgan fingerprint density at radius 1 is 1.02 bits per heavy atom. The molecule has 1 saturated heterocycles. The van der Waals surface area contributed by atoms with E-state index >= 15 is 4.39 Å². The lowest BCUT2D eigenvalue weighted by Crippen LogP contribution is -2.66. The van der Waals surface area contributed by atoms with Gasteiger partial charge in [0.2, 0.25) is 0 Å². The number of hydrogen-bond acceptors (Lipinski definition) is 6. The van der Waals surface area contributed by atoms with Gasteiger partial charge in [-0.15, -0.1) is 0 Å². The Balaban J connectivity index is 1.68. The summed E-state index contributed by atoms with van der Waals surface area (Å²) in [5, 5.41) is 22.1. The molecule has 3 aromatic carbocycles. The number of nitrogens with zero attached hydrogens (tertiary/aromatic N) is 3. The van der Waals surface area contributed by atoms with Gasteiger partial charge in [-0.05, 0) is 47.0 Å². The second-order valence-electron chi connectivity index (χ2n) is 12.8. The third-order valence-electron chi connectivity index (χ3n) is 8.42. The summed E-state index contributed by atoms with van der Waals surface area (Å²) in [6, 6.07) is 25.6. The number of ether oxygens (including phenoxy) is 1. The molecule has 1 fully saturated rings. The van der Waals surface area contributed by atoms with Crippen molar-refractivity contribution in [1.29, 1.82) is 5.26 Å². The molecule has 1 aliphatic rings. The minimum absolute atomic E-state index is 0.0375. The van der Waals surface area contributed by atoms with E-state index in [-0.39, 0.29) is 45.7 Å². The number of aliphatic hydroxyl groups excluding tert-OH is 1. The molecule has 0 aliphatic carbocycles. The highest BCUT2D eigenvalue weighted by atomic mass is 35.5. The smallest absolute Gasteiger partial charge is 0.261 e. The van der Waals surface area contributed by atoms with Gasteiger partial charge in [-0.2, -0.15) is 5.26 Å².